The number of piperazine rings is 3. The first-order chi connectivity index (χ1) is 67.8. The molecule has 3 fully saturated rings. The number of fused-ring (bicyclic) bond motifs is 22. The minimum absolute atomic E-state index is 0.00905. The van der Waals surface area contributed by atoms with Crippen LogP contribution in [0.4, 0.5) is 43.8 Å². The highest BCUT2D eigenvalue weighted by molar-refractivity contribution is 5.96. The van der Waals surface area contributed by atoms with E-state index in [4.69, 9.17) is 15.0 Å². The first-order valence-electron chi connectivity index (χ1n) is 47.2. The number of halogens is 6. The predicted molar refractivity (Wildman–Crippen MR) is 525 cm³/mol. The lowest BCUT2D eigenvalue weighted by atomic mass is 9.94. The summed E-state index contributed by atoms with van der Waals surface area (Å²) in [6.45, 7) is 34.1. The van der Waals surface area contributed by atoms with Gasteiger partial charge in [-0.25, -0.2) is 83.4 Å². The van der Waals surface area contributed by atoms with Crippen molar-refractivity contribution >= 4 is 68.3 Å². The summed E-state index contributed by atoms with van der Waals surface area (Å²) in [5, 5.41) is 26.7. The summed E-state index contributed by atoms with van der Waals surface area (Å²) in [5.74, 6) is -4.02. The van der Waals surface area contributed by atoms with Crippen LogP contribution in [0.3, 0.4) is 0 Å². The maximum atomic E-state index is 16.5. The van der Waals surface area contributed by atoms with Gasteiger partial charge in [0.15, 0.2) is 22.8 Å². The van der Waals surface area contributed by atoms with E-state index in [0.717, 1.165) is 51.2 Å². The van der Waals surface area contributed by atoms with Crippen LogP contribution in [-0.4, -0.2) is 198 Å². The number of amides is 3. The zero-order valence-electron chi connectivity index (χ0n) is 79.5. The maximum Gasteiger partial charge on any atom is 0.355 e. The van der Waals surface area contributed by atoms with Gasteiger partial charge in [0.05, 0.1) is 70.4 Å². The Balaban J connectivity index is 0.000000135. The number of carbonyl (C=O) groups is 3. The van der Waals surface area contributed by atoms with E-state index in [1.54, 1.807) is 71.5 Å². The number of anilines is 3. The molecule has 30 nitrogen and oxygen atoms in total. The third-order valence-electron chi connectivity index (χ3n) is 27.3. The van der Waals surface area contributed by atoms with Crippen LogP contribution in [0.25, 0.3) is 95.2 Å². The summed E-state index contributed by atoms with van der Waals surface area (Å²) in [6, 6.07) is 34.0. The average molecular weight is 1910 g/mol. The van der Waals surface area contributed by atoms with Gasteiger partial charge in [0.1, 0.15) is 69.3 Å². The van der Waals surface area contributed by atoms with E-state index in [9.17, 15) is 28.8 Å². The molecule has 6 aliphatic rings. The summed E-state index contributed by atoms with van der Waals surface area (Å²) < 4.78 is 106. The van der Waals surface area contributed by atoms with Crippen molar-refractivity contribution in [2.24, 2.45) is 0 Å². The SMILES string of the molecule is C=CC(=O)N1CCN(c2nc(=O)n3c4nc(c(F)cc24)-c2c(F)cccc2Cn2cc(nn2)CCCc2cccc(C(C)C)c2-3)[C@@H](C)C1.C=CC(=O)N1CCN(c2nc(=O)n3c4nc(c(F)cc24)-c2c(F)cccc2Cn2cc(nn2)CCc2cccc(C(C)C)c2-3)[C@@H](C)C1.C=CC(=O)N1C[C@H](C)N(c2nc(=O)n3c4nc(c(F)cc24)-c2c(F)cccc2-c2cn(nn2)Cc2cccc(C(C)C)c2-3)C[C@H]1C. The Morgan fingerprint density at radius 1 is 0.376 bits per heavy atom. The summed E-state index contributed by atoms with van der Waals surface area (Å²) in [4.78, 5) is 119. The van der Waals surface area contributed by atoms with Crippen LogP contribution in [0, 0.1) is 34.9 Å². The van der Waals surface area contributed by atoms with E-state index in [-0.39, 0.29) is 147 Å². The van der Waals surface area contributed by atoms with E-state index in [1.807, 2.05) is 145 Å². The Kier molecular flexibility index (Phi) is 25.5. The van der Waals surface area contributed by atoms with Crippen LogP contribution < -0.4 is 31.8 Å². The molecule has 141 heavy (non-hydrogen) atoms. The van der Waals surface area contributed by atoms with E-state index in [2.05, 4.69) is 65.6 Å². The molecule has 0 aliphatic carbocycles. The van der Waals surface area contributed by atoms with Gasteiger partial charge in [0.2, 0.25) is 17.7 Å². The molecule has 36 heteroatoms. The van der Waals surface area contributed by atoms with Gasteiger partial charge >= 0.3 is 17.1 Å². The molecule has 3 saturated heterocycles. The van der Waals surface area contributed by atoms with Crippen LogP contribution in [0.2, 0.25) is 0 Å². The fourth-order valence-corrected chi connectivity index (χ4v) is 20.4. The van der Waals surface area contributed by atoms with Crippen molar-refractivity contribution in [2.75, 3.05) is 67.1 Å². The fourth-order valence-electron chi connectivity index (χ4n) is 20.4. The molecular weight excluding hydrogens is 1810 g/mol. The number of benzene rings is 6. The number of pyridine rings is 3. The first kappa shape index (κ1) is 94.2. The lowest BCUT2D eigenvalue weighted by Crippen LogP contribution is -2.58. The second-order valence-corrected chi connectivity index (χ2v) is 37.5. The van der Waals surface area contributed by atoms with E-state index in [1.165, 1.54) is 74.4 Å². The highest BCUT2D eigenvalue weighted by Gasteiger charge is 2.39. The highest BCUT2D eigenvalue weighted by Crippen LogP contribution is 2.44. The lowest BCUT2D eigenvalue weighted by molar-refractivity contribution is -0.129. The maximum absolute atomic E-state index is 16.5. The van der Waals surface area contributed by atoms with Gasteiger partial charge in [0, 0.05) is 111 Å². The van der Waals surface area contributed by atoms with Crippen LogP contribution in [0.1, 0.15) is 149 Å². The third-order valence-corrected chi connectivity index (χ3v) is 27.3. The number of carbonyl (C=O) groups excluding carboxylic acids is 3. The lowest BCUT2D eigenvalue weighted by Gasteiger charge is -2.44. The number of para-hydroxylation sites is 3. The normalized spacial score (nSPS) is 16.7. The van der Waals surface area contributed by atoms with Gasteiger partial charge in [-0.15, -0.1) is 15.3 Å². The molecule has 0 spiro atoms. The van der Waals surface area contributed by atoms with Gasteiger partial charge in [-0.3, -0.25) is 14.4 Å². The zero-order chi connectivity index (χ0) is 99.1. The van der Waals surface area contributed by atoms with Gasteiger partial charge in [-0.05, 0) is 177 Å². The largest absolute Gasteiger partial charge is 0.355 e. The number of nitrogens with zero attached hydrogens (tertiary/aromatic N) is 24. The van der Waals surface area contributed by atoms with Crippen LogP contribution in [0.5, 0.6) is 0 Å². The highest BCUT2D eigenvalue weighted by atomic mass is 19.1. The molecule has 15 aromatic rings. The molecule has 4 atom stereocenters. The third kappa shape index (κ3) is 17.4. The molecule has 3 amide bonds. The molecule has 0 saturated carbocycles. The fraction of sp³-hybridized carbons (Fsp3) is 0.314. The Morgan fingerprint density at radius 3 is 1.21 bits per heavy atom. The first-order valence-corrected chi connectivity index (χ1v) is 47.2. The van der Waals surface area contributed by atoms with Crippen molar-refractivity contribution in [3.05, 3.63) is 306 Å². The van der Waals surface area contributed by atoms with Crippen molar-refractivity contribution in [3.63, 3.8) is 0 Å². The van der Waals surface area contributed by atoms with Crippen molar-refractivity contribution in [2.45, 2.75) is 163 Å². The molecule has 6 aliphatic heterocycles. The Bertz CT molecular complexity index is 7810. The molecule has 6 aromatic carbocycles. The van der Waals surface area contributed by atoms with Crippen molar-refractivity contribution in [3.8, 4) is 62.1 Å². The summed E-state index contributed by atoms with van der Waals surface area (Å²) in [6.07, 6.45) is 12.2. The van der Waals surface area contributed by atoms with Crippen LogP contribution >= 0.6 is 0 Å². The van der Waals surface area contributed by atoms with E-state index >= 15 is 26.3 Å². The van der Waals surface area contributed by atoms with Crippen molar-refractivity contribution < 1.29 is 40.7 Å². The number of hydrogen-bond acceptors (Lipinski definition) is 21. The quantitative estimate of drug-likeness (QED) is 0.0957. The number of aromatic nitrogens is 18. The van der Waals surface area contributed by atoms with Crippen LogP contribution in [-0.2, 0) is 59.7 Å². The van der Waals surface area contributed by atoms with Gasteiger partial charge in [-0.2, -0.15) is 15.0 Å². The van der Waals surface area contributed by atoms with E-state index < -0.39 is 52.0 Å². The molecule has 9 aromatic heterocycles. The van der Waals surface area contributed by atoms with E-state index in [0.29, 0.717) is 134 Å². The summed E-state index contributed by atoms with van der Waals surface area (Å²) in [5.41, 5.74) is 8.06. The molecule has 15 heterocycles. The second-order valence-electron chi connectivity index (χ2n) is 37.5. The molecule has 21 rings (SSSR count). The van der Waals surface area contributed by atoms with Crippen LogP contribution in [0.15, 0.2) is 198 Å². The molecular formula is C105H102F6N24O6. The van der Waals surface area contributed by atoms with Gasteiger partial charge < -0.3 is 29.4 Å². The molecule has 0 radical (unpaired) electrons. The predicted octanol–water partition coefficient (Wildman–Crippen LogP) is 15.1. The molecule has 720 valence electrons. The standard InChI is InChI=1S/C36H36F2N8O2.C35H34F2N8O2.C34H32F2N8O2/c1-5-30(47)43-15-16-45(22(4)18-43)34-27-17-29(38)32-31-24(11-8-14-28(31)37)19-44-20-25(41-42-44)12-6-9-23-10-7-13-26(21(2)3)33(23)46(35(27)39-32)36(48)40-34;1-5-29(46)42-14-15-44(21(4)17-42)33-26-16-28(37)31-30-23(9-7-11-27(30)36)18-43-19-24(40-41-43)13-12-22-8-6-10-25(20(2)3)32(22)45(34(26)38-31)35(47)39-33;1-6-28(45)42-14-20(5)43(15-19(42)4)32-24-13-26(36)30-29-23(11-8-12-25(29)35)27-17-41(40-39-27)16-21-9-7-10-22(18(2)3)31(21)44(33(24)37-30)34(46)38-32/h5,7-8,10-11,13-14,17,20-22H,1,6,9,12,15-16,18-19H2,2-4H3;5-11,16,19-21H,1,12-15,17-18H2,2-4H3;6-13,17-20H,1,14-16H2,2-5H3/t22-;21-;19-,20+/m001/s1. The number of rotatable bonds is 9. The number of aryl methyl sites for hydroxylation is 4. The Hall–Kier alpha value is -15.8. The van der Waals surface area contributed by atoms with Gasteiger partial charge in [-0.1, -0.05) is 168 Å². The monoisotopic (exact) mass is 1910 g/mol. The molecule has 0 unspecified atom stereocenters. The smallest absolute Gasteiger partial charge is 0.350 e. The van der Waals surface area contributed by atoms with Gasteiger partial charge in [0.25, 0.3) is 0 Å². The zero-order valence-corrected chi connectivity index (χ0v) is 79.5. The Labute approximate surface area is 806 Å². The number of hydrogen-bond donors (Lipinski definition) is 0. The van der Waals surface area contributed by atoms with Crippen molar-refractivity contribution in [1.82, 2.24) is 103 Å². The topological polar surface area (TPSA) is 306 Å². The average Bonchev–Trinajstić information content (AvgIpc) is 1.72. The Morgan fingerprint density at radius 2 is 0.752 bits per heavy atom. The van der Waals surface area contributed by atoms with Crippen molar-refractivity contribution in [1.29, 1.82) is 0 Å². The summed E-state index contributed by atoms with van der Waals surface area (Å²) >= 11 is 0. The minimum atomic E-state index is -0.782. The summed E-state index contributed by atoms with van der Waals surface area (Å²) in [7, 11) is 0. The molecule has 0 N–H and O–H groups in total. The second kappa shape index (κ2) is 38.2. The molecule has 12 bridgehead atoms. The minimum Gasteiger partial charge on any atom is -0.350 e.